The molecule has 0 aliphatic carbocycles. The molecule has 0 spiro atoms. The predicted molar refractivity (Wildman–Crippen MR) is 95.7 cm³/mol. The zero-order chi connectivity index (χ0) is 17.8. The van der Waals surface area contributed by atoms with Crippen molar-refractivity contribution in [2.75, 3.05) is 5.32 Å². The first-order chi connectivity index (χ1) is 12.1. The third-order valence-corrected chi connectivity index (χ3v) is 3.94. The van der Waals surface area contributed by atoms with Gasteiger partial charge in [-0.1, -0.05) is 31.2 Å². The number of nitrogens with one attached hydrogen (secondary N) is 1. The standard InChI is InChI=1S/C20H18N2O3/c1-3-14-12-21-11-10-17(14)22-20(24)19-9-8-18(25-19)16-6-4-15(5-7-16)13(2)23/h4-12H,3H2,1-2H3,(H,21,22,24). The smallest absolute Gasteiger partial charge is 0.291 e. The van der Waals surface area contributed by atoms with Crippen LogP contribution >= 0.6 is 0 Å². The molecule has 5 nitrogen and oxygen atoms in total. The van der Waals surface area contributed by atoms with Crippen LogP contribution < -0.4 is 5.32 Å². The van der Waals surface area contributed by atoms with E-state index < -0.39 is 0 Å². The predicted octanol–water partition coefficient (Wildman–Crippen LogP) is 4.36. The summed E-state index contributed by atoms with van der Waals surface area (Å²) in [5.41, 5.74) is 3.13. The summed E-state index contributed by atoms with van der Waals surface area (Å²) in [6.45, 7) is 3.52. The van der Waals surface area contributed by atoms with Crippen molar-refractivity contribution in [3.63, 3.8) is 0 Å². The molecule has 25 heavy (non-hydrogen) atoms. The van der Waals surface area contributed by atoms with Crippen LogP contribution in [0.2, 0.25) is 0 Å². The lowest BCUT2D eigenvalue weighted by Crippen LogP contribution is -2.12. The van der Waals surface area contributed by atoms with E-state index in [-0.39, 0.29) is 17.5 Å². The van der Waals surface area contributed by atoms with Crippen LogP contribution in [0, 0.1) is 0 Å². The molecule has 126 valence electrons. The summed E-state index contributed by atoms with van der Waals surface area (Å²) in [7, 11) is 0. The number of benzene rings is 1. The van der Waals surface area contributed by atoms with Crippen molar-refractivity contribution in [1.29, 1.82) is 0 Å². The molecule has 1 amide bonds. The van der Waals surface area contributed by atoms with E-state index in [9.17, 15) is 9.59 Å². The number of anilines is 1. The van der Waals surface area contributed by atoms with Gasteiger partial charge in [0.15, 0.2) is 11.5 Å². The van der Waals surface area contributed by atoms with Gasteiger partial charge in [0, 0.05) is 29.2 Å². The highest BCUT2D eigenvalue weighted by Gasteiger charge is 2.14. The van der Waals surface area contributed by atoms with Crippen LogP contribution in [0.25, 0.3) is 11.3 Å². The van der Waals surface area contributed by atoms with Crippen molar-refractivity contribution in [3.8, 4) is 11.3 Å². The number of rotatable bonds is 5. The van der Waals surface area contributed by atoms with Crippen LogP contribution in [0.3, 0.4) is 0 Å². The third kappa shape index (κ3) is 3.66. The van der Waals surface area contributed by atoms with Gasteiger partial charge in [0.25, 0.3) is 5.91 Å². The van der Waals surface area contributed by atoms with Gasteiger partial charge in [-0.2, -0.15) is 0 Å². The summed E-state index contributed by atoms with van der Waals surface area (Å²) in [5.74, 6) is 0.498. The summed E-state index contributed by atoms with van der Waals surface area (Å²) in [6, 6.07) is 12.2. The van der Waals surface area contributed by atoms with E-state index in [1.807, 2.05) is 6.92 Å². The summed E-state index contributed by atoms with van der Waals surface area (Å²) in [4.78, 5) is 27.8. The van der Waals surface area contributed by atoms with Crippen molar-refractivity contribution in [2.24, 2.45) is 0 Å². The molecular formula is C20H18N2O3. The number of amides is 1. The zero-order valence-corrected chi connectivity index (χ0v) is 14.1. The SMILES string of the molecule is CCc1cnccc1NC(=O)c1ccc(-c2ccc(C(C)=O)cc2)o1. The van der Waals surface area contributed by atoms with Crippen LogP contribution in [0.15, 0.2) is 59.3 Å². The molecule has 0 fully saturated rings. The van der Waals surface area contributed by atoms with Gasteiger partial charge in [-0.25, -0.2) is 0 Å². The summed E-state index contributed by atoms with van der Waals surface area (Å²) >= 11 is 0. The lowest BCUT2D eigenvalue weighted by atomic mass is 10.1. The second-order valence-corrected chi connectivity index (χ2v) is 5.64. The third-order valence-electron chi connectivity index (χ3n) is 3.94. The minimum absolute atomic E-state index is 0.00939. The Morgan fingerprint density at radius 3 is 2.52 bits per heavy atom. The van der Waals surface area contributed by atoms with Crippen molar-refractivity contribution >= 4 is 17.4 Å². The van der Waals surface area contributed by atoms with E-state index in [2.05, 4.69) is 10.3 Å². The van der Waals surface area contributed by atoms with E-state index >= 15 is 0 Å². The number of aryl methyl sites for hydroxylation is 1. The van der Waals surface area contributed by atoms with Crippen LogP contribution in [0.4, 0.5) is 5.69 Å². The summed E-state index contributed by atoms with van der Waals surface area (Å²) < 4.78 is 5.66. The fourth-order valence-electron chi connectivity index (χ4n) is 2.50. The molecule has 5 heteroatoms. The first kappa shape index (κ1) is 16.6. The Labute approximate surface area is 145 Å². The quantitative estimate of drug-likeness (QED) is 0.704. The number of aromatic nitrogens is 1. The van der Waals surface area contributed by atoms with Crippen LogP contribution in [-0.4, -0.2) is 16.7 Å². The number of nitrogens with zero attached hydrogens (tertiary/aromatic N) is 1. The minimum Gasteiger partial charge on any atom is -0.451 e. The number of carbonyl (C=O) groups excluding carboxylic acids is 2. The molecule has 1 N–H and O–H groups in total. The van der Waals surface area contributed by atoms with E-state index in [0.717, 1.165) is 23.2 Å². The van der Waals surface area contributed by atoms with Gasteiger partial charge >= 0.3 is 0 Å². The first-order valence-electron chi connectivity index (χ1n) is 8.04. The number of furan rings is 1. The van der Waals surface area contributed by atoms with E-state index in [4.69, 9.17) is 4.42 Å². The highest BCUT2D eigenvalue weighted by atomic mass is 16.3. The molecule has 2 aromatic heterocycles. The Kier molecular flexibility index (Phi) is 4.75. The van der Waals surface area contributed by atoms with Gasteiger partial charge in [0.1, 0.15) is 5.76 Å². The van der Waals surface area contributed by atoms with Crippen molar-refractivity contribution < 1.29 is 14.0 Å². The molecule has 1 aromatic carbocycles. The number of Topliss-reactive ketones (excluding diaryl/α,β-unsaturated/α-hetero) is 1. The van der Waals surface area contributed by atoms with Gasteiger partial charge in [0.05, 0.1) is 0 Å². The molecule has 0 saturated heterocycles. The van der Waals surface area contributed by atoms with Crippen LogP contribution in [0.1, 0.15) is 40.3 Å². The van der Waals surface area contributed by atoms with Gasteiger partial charge in [-0.15, -0.1) is 0 Å². The van der Waals surface area contributed by atoms with Gasteiger partial charge in [-0.05, 0) is 37.1 Å². The van der Waals surface area contributed by atoms with Gasteiger partial charge < -0.3 is 9.73 Å². The monoisotopic (exact) mass is 334 g/mol. The molecule has 2 heterocycles. The summed E-state index contributed by atoms with van der Waals surface area (Å²) in [5, 5.41) is 2.85. The van der Waals surface area contributed by atoms with Crippen molar-refractivity contribution in [3.05, 3.63) is 71.7 Å². The maximum Gasteiger partial charge on any atom is 0.291 e. The topological polar surface area (TPSA) is 72.2 Å². The Balaban J connectivity index is 1.78. The Morgan fingerprint density at radius 1 is 1.08 bits per heavy atom. The molecule has 0 unspecified atom stereocenters. The highest BCUT2D eigenvalue weighted by molar-refractivity contribution is 6.03. The minimum atomic E-state index is -0.312. The summed E-state index contributed by atoms with van der Waals surface area (Å²) in [6.07, 6.45) is 4.15. The largest absolute Gasteiger partial charge is 0.451 e. The molecule has 0 bridgehead atoms. The molecule has 0 radical (unpaired) electrons. The maximum atomic E-state index is 12.4. The van der Waals surface area contributed by atoms with E-state index in [1.165, 1.54) is 6.92 Å². The lowest BCUT2D eigenvalue weighted by Gasteiger charge is -2.07. The van der Waals surface area contributed by atoms with Gasteiger partial charge in [0.2, 0.25) is 0 Å². The second kappa shape index (κ2) is 7.13. The number of carbonyl (C=O) groups is 2. The number of pyridine rings is 1. The normalized spacial score (nSPS) is 10.5. The van der Waals surface area contributed by atoms with Crippen LogP contribution in [-0.2, 0) is 6.42 Å². The Hall–Kier alpha value is -3.21. The number of hydrogen-bond acceptors (Lipinski definition) is 4. The van der Waals surface area contributed by atoms with Crippen molar-refractivity contribution in [2.45, 2.75) is 20.3 Å². The molecule has 3 aromatic rings. The first-order valence-corrected chi connectivity index (χ1v) is 8.04. The lowest BCUT2D eigenvalue weighted by molar-refractivity contribution is 0.0994. The van der Waals surface area contributed by atoms with E-state index in [0.29, 0.717) is 11.3 Å². The zero-order valence-electron chi connectivity index (χ0n) is 14.1. The van der Waals surface area contributed by atoms with Gasteiger partial charge in [-0.3, -0.25) is 14.6 Å². The average Bonchev–Trinajstić information content (AvgIpc) is 3.12. The Morgan fingerprint density at radius 2 is 1.84 bits per heavy atom. The van der Waals surface area contributed by atoms with Crippen molar-refractivity contribution in [1.82, 2.24) is 4.98 Å². The van der Waals surface area contributed by atoms with E-state index in [1.54, 1.807) is 54.9 Å². The molecule has 3 rings (SSSR count). The fourth-order valence-corrected chi connectivity index (χ4v) is 2.50. The maximum absolute atomic E-state index is 12.4. The molecular weight excluding hydrogens is 316 g/mol. The molecule has 0 atom stereocenters. The number of hydrogen-bond donors (Lipinski definition) is 1. The molecule has 0 aliphatic rings. The average molecular weight is 334 g/mol. The van der Waals surface area contributed by atoms with Crippen LogP contribution in [0.5, 0.6) is 0 Å². The molecule has 0 saturated carbocycles. The number of ketones is 1. The fraction of sp³-hybridized carbons (Fsp3) is 0.150. The molecule has 0 aliphatic heterocycles. The Bertz CT molecular complexity index is 911. The highest BCUT2D eigenvalue weighted by Crippen LogP contribution is 2.24. The second-order valence-electron chi connectivity index (χ2n) is 5.64.